The molecule has 0 radical (unpaired) electrons. The highest BCUT2D eigenvalue weighted by Gasteiger charge is 2.45. The summed E-state index contributed by atoms with van der Waals surface area (Å²) in [4.78, 5) is 4.96. The summed E-state index contributed by atoms with van der Waals surface area (Å²) < 4.78 is 13.6. The zero-order chi connectivity index (χ0) is 28.4. The van der Waals surface area contributed by atoms with Crippen molar-refractivity contribution in [2.75, 3.05) is 45.3 Å². The SMILES string of the molecule is COc1ccccc1C(O)(c1ccccc1OC)C1CCN(CCCN2Cc3nnc(C)n3-c3ccccc32)CC1. The predicted octanol–water partition coefficient (Wildman–Crippen LogP) is 4.95. The van der Waals surface area contributed by atoms with Crippen LogP contribution in [0.3, 0.4) is 0 Å². The van der Waals surface area contributed by atoms with E-state index in [1.54, 1.807) is 14.2 Å². The van der Waals surface area contributed by atoms with Gasteiger partial charge < -0.3 is 24.4 Å². The molecule has 1 N–H and O–H groups in total. The fourth-order valence-corrected chi connectivity index (χ4v) is 6.76. The molecule has 0 amide bonds. The highest BCUT2D eigenvalue weighted by atomic mass is 16.5. The van der Waals surface area contributed by atoms with Crippen molar-refractivity contribution in [3.63, 3.8) is 0 Å². The second-order valence-electron chi connectivity index (χ2n) is 11.0. The van der Waals surface area contributed by atoms with Crippen molar-refractivity contribution < 1.29 is 14.6 Å². The van der Waals surface area contributed by atoms with E-state index in [1.165, 1.54) is 5.69 Å². The number of nitrogens with zero attached hydrogens (tertiary/aromatic N) is 5. The number of hydrogen-bond acceptors (Lipinski definition) is 7. The number of piperidine rings is 1. The summed E-state index contributed by atoms with van der Waals surface area (Å²) in [6, 6.07) is 24.2. The Bertz CT molecular complexity index is 1450. The first-order chi connectivity index (χ1) is 20.0. The molecule has 8 heteroatoms. The van der Waals surface area contributed by atoms with E-state index < -0.39 is 5.60 Å². The van der Waals surface area contributed by atoms with Gasteiger partial charge in [0.25, 0.3) is 0 Å². The Labute approximate surface area is 242 Å². The van der Waals surface area contributed by atoms with Gasteiger partial charge in [0.1, 0.15) is 22.9 Å². The van der Waals surface area contributed by atoms with Gasteiger partial charge in [-0.1, -0.05) is 48.5 Å². The van der Waals surface area contributed by atoms with Gasteiger partial charge in [0.2, 0.25) is 0 Å². The van der Waals surface area contributed by atoms with Crippen molar-refractivity contribution in [3.05, 3.63) is 95.6 Å². The van der Waals surface area contributed by atoms with E-state index >= 15 is 0 Å². The van der Waals surface area contributed by atoms with Gasteiger partial charge in [-0.2, -0.15) is 0 Å². The Morgan fingerprint density at radius 1 is 0.805 bits per heavy atom. The van der Waals surface area contributed by atoms with Gasteiger partial charge in [-0.15, -0.1) is 10.2 Å². The van der Waals surface area contributed by atoms with Gasteiger partial charge >= 0.3 is 0 Å². The van der Waals surface area contributed by atoms with Crippen LogP contribution in [0.5, 0.6) is 11.5 Å². The molecule has 6 rings (SSSR count). The number of fused-ring (bicyclic) bond motifs is 3. The van der Waals surface area contributed by atoms with Crippen molar-refractivity contribution in [1.82, 2.24) is 19.7 Å². The van der Waals surface area contributed by atoms with Crippen LogP contribution in [0.4, 0.5) is 5.69 Å². The van der Waals surface area contributed by atoms with E-state index in [0.717, 1.165) is 80.4 Å². The number of anilines is 1. The van der Waals surface area contributed by atoms with Gasteiger partial charge in [-0.05, 0) is 76.0 Å². The van der Waals surface area contributed by atoms with Crippen LogP contribution in [0, 0.1) is 12.8 Å². The van der Waals surface area contributed by atoms with Crippen molar-refractivity contribution in [2.45, 2.75) is 38.3 Å². The second-order valence-corrected chi connectivity index (χ2v) is 11.0. The monoisotopic (exact) mass is 553 g/mol. The third-order valence-corrected chi connectivity index (χ3v) is 8.80. The lowest BCUT2D eigenvalue weighted by molar-refractivity contribution is -0.0172. The first kappa shape index (κ1) is 27.3. The molecule has 0 atom stereocenters. The topological polar surface area (TPSA) is 75.9 Å². The van der Waals surface area contributed by atoms with Crippen LogP contribution in [0.1, 0.15) is 42.0 Å². The summed E-state index contributed by atoms with van der Waals surface area (Å²) in [6.07, 6.45) is 2.80. The van der Waals surface area contributed by atoms with Crippen molar-refractivity contribution in [3.8, 4) is 17.2 Å². The lowest BCUT2D eigenvalue weighted by atomic mass is 9.71. The molecular weight excluding hydrogens is 514 g/mol. The van der Waals surface area contributed by atoms with Crippen molar-refractivity contribution in [1.29, 1.82) is 0 Å². The first-order valence-corrected chi connectivity index (χ1v) is 14.5. The van der Waals surface area contributed by atoms with E-state index in [4.69, 9.17) is 9.47 Å². The molecule has 4 aromatic rings. The van der Waals surface area contributed by atoms with Gasteiger partial charge in [0, 0.05) is 17.7 Å². The molecule has 0 spiro atoms. The number of rotatable bonds is 9. The van der Waals surface area contributed by atoms with E-state index in [-0.39, 0.29) is 5.92 Å². The summed E-state index contributed by atoms with van der Waals surface area (Å²) in [5.41, 5.74) is 2.75. The van der Waals surface area contributed by atoms with Crippen LogP contribution in [0.2, 0.25) is 0 Å². The number of aryl methyl sites for hydroxylation is 1. The van der Waals surface area contributed by atoms with Crippen LogP contribution in [0.25, 0.3) is 5.69 Å². The number of likely N-dealkylation sites (tertiary alicyclic amines) is 1. The van der Waals surface area contributed by atoms with E-state index in [2.05, 4.69) is 48.8 Å². The fraction of sp³-hybridized carbons (Fsp3) is 0.394. The Balaban J connectivity index is 1.14. The summed E-state index contributed by atoms with van der Waals surface area (Å²) in [5.74, 6) is 3.33. The molecule has 3 aromatic carbocycles. The minimum absolute atomic E-state index is 0.0231. The standard InChI is InChI=1S/C33H39N5O3/c1-24-34-35-32-23-37(28-13-6-7-14-29(28)38(24)32)20-10-19-36-21-17-25(18-22-36)33(39,26-11-4-8-15-30(26)40-2)27-12-5-9-16-31(27)41-3/h4-9,11-16,25,39H,10,17-23H2,1-3H3. The van der Waals surface area contributed by atoms with Crippen LogP contribution in [-0.2, 0) is 12.1 Å². The fourth-order valence-electron chi connectivity index (χ4n) is 6.76. The molecule has 3 heterocycles. The normalized spacial score (nSPS) is 15.9. The zero-order valence-electron chi connectivity index (χ0n) is 24.2. The molecular formula is C33H39N5O3. The third-order valence-electron chi connectivity index (χ3n) is 8.80. The molecule has 1 fully saturated rings. The van der Waals surface area contributed by atoms with Crippen LogP contribution < -0.4 is 14.4 Å². The Kier molecular flexibility index (Phi) is 7.69. The summed E-state index contributed by atoms with van der Waals surface area (Å²) in [5, 5.41) is 21.4. The highest BCUT2D eigenvalue weighted by molar-refractivity contribution is 5.65. The van der Waals surface area contributed by atoms with Crippen LogP contribution in [0.15, 0.2) is 72.8 Å². The Morgan fingerprint density at radius 2 is 1.39 bits per heavy atom. The molecule has 1 saturated heterocycles. The molecule has 8 nitrogen and oxygen atoms in total. The molecule has 2 aliphatic heterocycles. The minimum atomic E-state index is -1.23. The Hall–Kier alpha value is -3.88. The smallest absolute Gasteiger partial charge is 0.157 e. The number of ether oxygens (including phenoxy) is 2. The van der Waals surface area contributed by atoms with E-state index in [9.17, 15) is 5.11 Å². The number of aliphatic hydroxyl groups is 1. The van der Waals surface area contributed by atoms with Gasteiger partial charge in [0.05, 0.1) is 32.1 Å². The van der Waals surface area contributed by atoms with Gasteiger partial charge in [0.15, 0.2) is 5.82 Å². The maximum absolute atomic E-state index is 12.6. The molecule has 1 aromatic heterocycles. The Morgan fingerprint density at radius 3 is 2.02 bits per heavy atom. The van der Waals surface area contributed by atoms with E-state index in [0.29, 0.717) is 11.5 Å². The summed E-state index contributed by atoms with van der Waals surface area (Å²) >= 11 is 0. The maximum atomic E-state index is 12.6. The third kappa shape index (κ3) is 4.96. The average molecular weight is 554 g/mol. The number of para-hydroxylation sites is 4. The number of benzene rings is 3. The molecule has 214 valence electrons. The van der Waals surface area contributed by atoms with Crippen LogP contribution >= 0.6 is 0 Å². The molecule has 0 unspecified atom stereocenters. The van der Waals surface area contributed by atoms with E-state index in [1.807, 2.05) is 55.5 Å². The lowest BCUT2D eigenvalue weighted by Gasteiger charge is -2.43. The molecule has 0 bridgehead atoms. The summed E-state index contributed by atoms with van der Waals surface area (Å²) in [6.45, 7) is 6.61. The first-order valence-electron chi connectivity index (χ1n) is 14.5. The zero-order valence-corrected chi connectivity index (χ0v) is 24.2. The maximum Gasteiger partial charge on any atom is 0.157 e. The minimum Gasteiger partial charge on any atom is -0.496 e. The predicted molar refractivity (Wildman–Crippen MR) is 160 cm³/mol. The largest absolute Gasteiger partial charge is 0.496 e. The number of hydrogen-bond donors (Lipinski definition) is 1. The van der Waals surface area contributed by atoms with Gasteiger partial charge in [-0.25, -0.2) is 0 Å². The van der Waals surface area contributed by atoms with Crippen molar-refractivity contribution in [2.24, 2.45) is 5.92 Å². The molecule has 41 heavy (non-hydrogen) atoms. The highest BCUT2D eigenvalue weighted by Crippen LogP contribution is 2.48. The number of methoxy groups -OCH3 is 2. The molecule has 0 saturated carbocycles. The molecule has 2 aliphatic rings. The number of aromatic nitrogens is 3. The van der Waals surface area contributed by atoms with Crippen LogP contribution in [-0.4, -0.2) is 65.2 Å². The quantitative estimate of drug-likeness (QED) is 0.314. The second kappa shape index (κ2) is 11.5. The average Bonchev–Trinajstić information content (AvgIpc) is 3.41. The van der Waals surface area contributed by atoms with Gasteiger partial charge in [-0.3, -0.25) is 4.57 Å². The molecule has 0 aliphatic carbocycles. The summed E-state index contributed by atoms with van der Waals surface area (Å²) in [7, 11) is 3.33. The van der Waals surface area contributed by atoms with Crippen molar-refractivity contribution >= 4 is 5.69 Å². The lowest BCUT2D eigenvalue weighted by Crippen LogP contribution is -2.45.